The van der Waals surface area contributed by atoms with Gasteiger partial charge >= 0.3 is 0 Å². The number of aryl methyl sites for hydroxylation is 1. The SMILES string of the molecule is Cc1nccc(NCCCC2CC2)n1. The van der Waals surface area contributed by atoms with Crippen molar-refractivity contribution >= 4 is 5.82 Å². The topological polar surface area (TPSA) is 37.8 Å². The summed E-state index contributed by atoms with van der Waals surface area (Å²) in [7, 11) is 0. The molecule has 0 spiro atoms. The van der Waals surface area contributed by atoms with Crippen LogP contribution in [0.3, 0.4) is 0 Å². The van der Waals surface area contributed by atoms with Crippen molar-refractivity contribution in [1.82, 2.24) is 9.97 Å². The first kappa shape index (κ1) is 9.44. The van der Waals surface area contributed by atoms with Crippen molar-refractivity contribution in [2.24, 2.45) is 5.92 Å². The maximum absolute atomic E-state index is 4.28. The fourth-order valence-electron chi connectivity index (χ4n) is 1.57. The van der Waals surface area contributed by atoms with E-state index in [1.807, 2.05) is 13.0 Å². The monoisotopic (exact) mass is 191 g/mol. The second-order valence-electron chi connectivity index (χ2n) is 4.00. The van der Waals surface area contributed by atoms with Gasteiger partial charge in [0.2, 0.25) is 0 Å². The Labute approximate surface area is 85.0 Å². The minimum Gasteiger partial charge on any atom is -0.370 e. The summed E-state index contributed by atoms with van der Waals surface area (Å²) in [4.78, 5) is 8.34. The lowest BCUT2D eigenvalue weighted by atomic mass is 10.2. The number of rotatable bonds is 5. The fraction of sp³-hybridized carbons (Fsp3) is 0.636. The summed E-state index contributed by atoms with van der Waals surface area (Å²) in [6.45, 7) is 2.95. The molecular weight excluding hydrogens is 174 g/mol. The van der Waals surface area contributed by atoms with Gasteiger partial charge < -0.3 is 5.32 Å². The molecule has 0 unspecified atom stereocenters. The molecule has 3 heteroatoms. The van der Waals surface area contributed by atoms with Gasteiger partial charge in [-0.15, -0.1) is 0 Å². The van der Waals surface area contributed by atoms with Gasteiger partial charge in [-0.25, -0.2) is 9.97 Å². The third kappa shape index (κ3) is 2.98. The van der Waals surface area contributed by atoms with E-state index < -0.39 is 0 Å². The largest absolute Gasteiger partial charge is 0.370 e. The van der Waals surface area contributed by atoms with E-state index in [0.717, 1.165) is 24.1 Å². The number of anilines is 1. The van der Waals surface area contributed by atoms with Gasteiger partial charge in [0.1, 0.15) is 11.6 Å². The molecule has 2 rings (SSSR count). The summed E-state index contributed by atoms with van der Waals surface area (Å²) in [5, 5.41) is 3.32. The van der Waals surface area contributed by atoms with Gasteiger partial charge in [0.15, 0.2) is 0 Å². The Morgan fingerprint density at radius 2 is 2.36 bits per heavy atom. The molecule has 1 N–H and O–H groups in total. The molecule has 14 heavy (non-hydrogen) atoms. The molecule has 0 radical (unpaired) electrons. The molecule has 1 aliphatic carbocycles. The number of hydrogen-bond donors (Lipinski definition) is 1. The van der Waals surface area contributed by atoms with E-state index in [2.05, 4.69) is 15.3 Å². The van der Waals surface area contributed by atoms with Crippen molar-refractivity contribution in [2.75, 3.05) is 11.9 Å². The Hall–Kier alpha value is -1.12. The molecule has 1 saturated carbocycles. The molecule has 0 aromatic carbocycles. The first-order chi connectivity index (χ1) is 6.84. The Balaban J connectivity index is 1.68. The Morgan fingerprint density at radius 3 is 3.07 bits per heavy atom. The fourth-order valence-corrected chi connectivity index (χ4v) is 1.57. The number of aromatic nitrogens is 2. The van der Waals surface area contributed by atoms with Gasteiger partial charge in [-0.05, 0) is 31.7 Å². The third-order valence-corrected chi connectivity index (χ3v) is 2.57. The number of nitrogens with one attached hydrogen (secondary N) is 1. The highest BCUT2D eigenvalue weighted by Crippen LogP contribution is 2.33. The van der Waals surface area contributed by atoms with Gasteiger partial charge in [0, 0.05) is 12.7 Å². The molecule has 1 fully saturated rings. The molecule has 76 valence electrons. The van der Waals surface area contributed by atoms with Crippen molar-refractivity contribution < 1.29 is 0 Å². The van der Waals surface area contributed by atoms with Crippen molar-refractivity contribution in [3.8, 4) is 0 Å². The highest BCUT2D eigenvalue weighted by Gasteiger charge is 2.19. The van der Waals surface area contributed by atoms with Crippen LogP contribution >= 0.6 is 0 Å². The van der Waals surface area contributed by atoms with Gasteiger partial charge in [-0.1, -0.05) is 12.8 Å². The lowest BCUT2D eigenvalue weighted by molar-refractivity contribution is 0.686. The van der Waals surface area contributed by atoms with Gasteiger partial charge in [-0.2, -0.15) is 0 Å². The van der Waals surface area contributed by atoms with Crippen LogP contribution < -0.4 is 5.32 Å². The van der Waals surface area contributed by atoms with Crippen LogP contribution in [0.5, 0.6) is 0 Å². The van der Waals surface area contributed by atoms with Crippen molar-refractivity contribution in [1.29, 1.82) is 0 Å². The quantitative estimate of drug-likeness (QED) is 0.726. The molecule has 0 aliphatic heterocycles. The lowest BCUT2D eigenvalue weighted by Crippen LogP contribution is -2.04. The van der Waals surface area contributed by atoms with Crippen molar-refractivity contribution in [2.45, 2.75) is 32.6 Å². The van der Waals surface area contributed by atoms with E-state index >= 15 is 0 Å². The van der Waals surface area contributed by atoms with E-state index in [0.29, 0.717) is 0 Å². The molecule has 0 atom stereocenters. The number of nitrogens with zero attached hydrogens (tertiary/aromatic N) is 2. The zero-order chi connectivity index (χ0) is 9.80. The summed E-state index contributed by atoms with van der Waals surface area (Å²) in [5.74, 6) is 2.81. The van der Waals surface area contributed by atoms with Gasteiger partial charge in [0.25, 0.3) is 0 Å². The Bertz CT molecular complexity index is 294. The van der Waals surface area contributed by atoms with Crippen LogP contribution in [0.4, 0.5) is 5.82 Å². The maximum Gasteiger partial charge on any atom is 0.129 e. The molecule has 0 saturated heterocycles. The van der Waals surface area contributed by atoms with E-state index in [1.54, 1.807) is 6.20 Å². The maximum atomic E-state index is 4.28. The summed E-state index contributed by atoms with van der Waals surface area (Å²) in [6.07, 6.45) is 7.33. The number of hydrogen-bond acceptors (Lipinski definition) is 3. The second kappa shape index (κ2) is 4.40. The summed E-state index contributed by atoms with van der Waals surface area (Å²) < 4.78 is 0. The lowest BCUT2D eigenvalue weighted by Gasteiger charge is -2.04. The van der Waals surface area contributed by atoms with Crippen LogP contribution in [0.1, 0.15) is 31.5 Å². The molecule has 1 aliphatic rings. The highest BCUT2D eigenvalue weighted by atomic mass is 15.0. The molecule has 3 nitrogen and oxygen atoms in total. The standard InChI is InChI=1S/C11H17N3/c1-9-12-8-6-11(14-9)13-7-2-3-10-4-5-10/h6,8,10H,2-5,7H2,1H3,(H,12,13,14). The summed E-state index contributed by atoms with van der Waals surface area (Å²) >= 11 is 0. The van der Waals surface area contributed by atoms with Crippen LogP contribution in [-0.2, 0) is 0 Å². The predicted octanol–water partition coefficient (Wildman–Crippen LogP) is 2.39. The van der Waals surface area contributed by atoms with Crippen molar-refractivity contribution in [3.63, 3.8) is 0 Å². The molecule has 0 bridgehead atoms. The molecule has 1 aromatic rings. The van der Waals surface area contributed by atoms with Crippen LogP contribution in [0, 0.1) is 12.8 Å². The predicted molar refractivity (Wildman–Crippen MR) is 57.2 cm³/mol. The zero-order valence-electron chi connectivity index (χ0n) is 8.66. The highest BCUT2D eigenvalue weighted by molar-refractivity contribution is 5.32. The summed E-state index contributed by atoms with van der Waals surface area (Å²) in [5.41, 5.74) is 0. The zero-order valence-corrected chi connectivity index (χ0v) is 8.66. The smallest absolute Gasteiger partial charge is 0.129 e. The molecule has 1 heterocycles. The third-order valence-electron chi connectivity index (χ3n) is 2.57. The first-order valence-corrected chi connectivity index (χ1v) is 5.38. The molecule has 0 amide bonds. The average molecular weight is 191 g/mol. The average Bonchev–Trinajstić information content (AvgIpc) is 2.96. The second-order valence-corrected chi connectivity index (χ2v) is 4.00. The van der Waals surface area contributed by atoms with E-state index in [-0.39, 0.29) is 0 Å². The normalized spacial score (nSPS) is 15.5. The van der Waals surface area contributed by atoms with E-state index in [9.17, 15) is 0 Å². The Kier molecular flexibility index (Phi) is 2.96. The van der Waals surface area contributed by atoms with Crippen LogP contribution in [0.15, 0.2) is 12.3 Å². The van der Waals surface area contributed by atoms with E-state index in [4.69, 9.17) is 0 Å². The van der Waals surface area contributed by atoms with Gasteiger partial charge in [0.05, 0.1) is 0 Å². The van der Waals surface area contributed by atoms with Gasteiger partial charge in [-0.3, -0.25) is 0 Å². The van der Waals surface area contributed by atoms with Crippen LogP contribution in [0.2, 0.25) is 0 Å². The van der Waals surface area contributed by atoms with Crippen LogP contribution in [-0.4, -0.2) is 16.5 Å². The minimum absolute atomic E-state index is 0.831. The summed E-state index contributed by atoms with van der Waals surface area (Å²) in [6, 6.07) is 1.92. The van der Waals surface area contributed by atoms with E-state index in [1.165, 1.54) is 25.7 Å². The minimum atomic E-state index is 0.831. The van der Waals surface area contributed by atoms with Crippen molar-refractivity contribution in [3.05, 3.63) is 18.1 Å². The molecular formula is C11H17N3. The molecule has 1 aromatic heterocycles. The first-order valence-electron chi connectivity index (χ1n) is 5.38. The van der Waals surface area contributed by atoms with Crippen LogP contribution in [0.25, 0.3) is 0 Å². The Morgan fingerprint density at radius 1 is 1.50 bits per heavy atom.